The second-order valence-electron chi connectivity index (χ2n) is 7.34. The summed E-state index contributed by atoms with van der Waals surface area (Å²) in [5.74, 6) is 1.92. The lowest BCUT2D eigenvalue weighted by Gasteiger charge is -2.32. The van der Waals surface area contributed by atoms with Gasteiger partial charge in [0.2, 0.25) is 0 Å². The molecule has 160 valence electrons. The van der Waals surface area contributed by atoms with Crippen molar-refractivity contribution in [3.63, 3.8) is 0 Å². The van der Waals surface area contributed by atoms with Crippen LogP contribution in [0.4, 0.5) is 10.9 Å². The lowest BCUT2D eigenvalue weighted by atomic mass is 10.1. The van der Waals surface area contributed by atoms with Crippen LogP contribution < -0.4 is 15.8 Å². The highest BCUT2D eigenvalue weighted by atomic mass is 35.5. The first-order chi connectivity index (χ1) is 14.5. The molecule has 0 spiro atoms. The van der Waals surface area contributed by atoms with E-state index in [2.05, 4.69) is 25.2 Å². The molecular weight excluding hydrogens is 443 g/mol. The standard InChI is InChI=1S/C20H24Cl2N6OS/c1-12-25-18(23)17-19(26-12)27-20(30-17)24-7-2-8-28-9-5-13(6-10-28)29-14-3-4-15(21)16(22)11-14/h3-4,11,13H,2,5-10H2,1H3,(H3,23,24,25,26,27). The molecule has 1 saturated heterocycles. The number of benzene rings is 1. The number of aryl methyl sites for hydroxylation is 1. The average molecular weight is 467 g/mol. The Balaban J connectivity index is 1.18. The first-order valence-corrected chi connectivity index (χ1v) is 11.5. The summed E-state index contributed by atoms with van der Waals surface area (Å²) < 4.78 is 6.90. The fourth-order valence-electron chi connectivity index (χ4n) is 3.53. The lowest BCUT2D eigenvalue weighted by molar-refractivity contribution is 0.100. The Morgan fingerprint density at radius 1 is 1.20 bits per heavy atom. The first kappa shape index (κ1) is 21.4. The molecule has 1 aromatic carbocycles. The van der Waals surface area contributed by atoms with Gasteiger partial charge in [-0.05, 0) is 44.9 Å². The minimum absolute atomic E-state index is 0.217. The number of anilines is 2. The summed E-state index contributed by atoms with van der Waals surface area (Å²) in [6.45, 7) is 5.77. The summed E-state index contributed by atoms with van der Waals surface area (Å²) in [6.07, 6.45) is 3.26. The van der Waals surface area contributed by atoms with E-state index in [-0.39, 0.29) is 6.10 Å². The van der Waals surface area contributed by atoms with Gasteiger partial charge in [-0.3, -0.25) is 0 Å². The number of hydrogen-bond donors (Lipinski definition) is 2. The Bertz CT molecular complexity index is 1020. The van der Waals surface area contributed by atoms with Crippen LogP contribution in [0.5, 0.6) is 5.75 Å². The van der Waals surface area contributed by atoms with Crippen LogP contribution in [0.2, 0.25) is 10.0 Å². The van der Waals surface area contributed by atoms with Gasteiger partial charge in [-0.1, -0.05) is 34.5 Å². The van der Waals surface area contributed by atoms with E-state index >= 15 is 0 Å². The number of nitrogens with zero attached hydrogens (tertiary/aromatic N) is 4. The number of nitrogens with two attached hydrogens (primary N) is 1. The highest BCUT2D eigenvalue weighted by molar-refractivity contribution is 7.22. The van der Waals surface area contributed by atoms with Crippen LogP contribution in [0, 0.1) is 6.92 Å². The zero-order valence-corrected chi connectivity index (χ0v) is 19.0. The van der Waals surface area contributed by atoms with E-state index in [1.54, 1.807) is 12.1 Å². The Hall–Kier alpha value is -1.87. The maximum absolute atomic E-state index is 6.06. The SMILES string of the molecule is Cc1nc(N)c2sc(NCCCN3CCC(Oc4ccc(Cl)c(Cl)c4)CC3)nc2n1. The summed E-state index contributed by atoms with van der Waals surface area (Å²) in [6, 6.07) is 5.42. The molecule has 30 heavy (non-hydrogen) atoms. The van der Waals surface area contributed by atoms with Crippen molar-refractivity contribution in [2.45, 2.75) is 32.3 Å². The molecule has 3 aromatic rings. The smallest absolute Gasteiger partial charge is 0.185 e. The molecule has 4 rings (SSSR count). The molecule has 0 aliphatic carbocycles. The fraction of sp³-hybridized carbons (Fsp3) is 0.450. The summed E-state index contributed by atoms with van der Waals surface area (Å²) in [4.78, 5) is 15.5. The van der Waals surface area contributed by atoms with E-state index < -0.39 is 0 Å². The lowest BCUT2D eigenvalue weighted by Crippen LogP contribution is -2.39. The van der Waals surface area contributed by atoms with Crippen molar-refractivity contribution in [3.8, 4) is 5.75 Å². The van der Waals surface area contributed by atoms with Gasteiger partial charge < -0.3 is 20.7 Å². The monoisotopic (exact) mass is 466 g/mol. The summed E-state index contributed by atoms with van der Waals surface area (Å²) in [5.41, 5.74) is 6.62. The van der Waals surface area contributed by atoms with Gasteiger partial charge in [-0.25, -0.2) is 9.97 Å². The number of aromatic nitrogens is 3. The number of nitrogens with one attached hydrogen (secondary N) is 1. The van der Waals surface area contributed by atoms with Crippen molar-refractivity contribution in [1.82, 2.24) is 19.9 Å². The second kappa shape index (κ2) is 9.51. The molecule has 1 aliphatic rings. The number of piperidine rings is 1. The fourth-order valence-corrected chi connectivity index (χ4v) is 4.65. The molecule has 0 radical (unpaired) electrons. The third-order valence-electron chi connectivity index (χ3n) is 5.05. The molecule has 3 heterocycles. The van der Waals surface area contributed by atoms with Gasteiger partial charge in [0, 0.05) is 25.7 Å². The number of likely N-dealkylation sites (tertiary alicyclic amines) is 1. The van der Waals surface area contributed by atoms with Crippen molar-refractivity contribution in [2.24, 2.45) is 0 Å². The Morgan fingerprint density at radius 3 is 2.77 bits per heavy atom. The van der Waals surface area contributed by atoms with Gasteiger partial charge >= 0.3 is 0 Å². The van der Waals surface area contributed by atoms with Crippen LogP contribution in [-0.4, -0.2) is 52.1 Å². The quantitative estimate of drug-likeness (QED) is 0.490. The van der Waals surface area contributed by atoms with Crippen molar-refractivity contribution < 1.29 is 4.74 Å². The predicted molar refractivity (Wildman–Crippen MR) is 124 cm³/mol. The van der Waals surface area contributed by atoms with Crippen LogP contribution in [0.15, 0.2) is 18.2 Å². The second-order valence-corrected chi connectivity index (χ2v) is 9.16. The molecule has 0 bridgehead atoms. The van der Waals surface area contributed by atoms with Crippen LogP contribution in [0.25, 0.3) is 10.3 Å². The molecule has 3 N–H and O–H groups in total. The number of thiazole rings is 1. The summed E-state index contributed by atoms with van der Waals surface area (Å²) in [5, 5.41) is 5.29. The summed E-state index contributed by atoms with van der Waals surface area (Å²) >= 11 is 13.5. The Kier molecular flexibility index (Phi) is 6.77. The zero-order chi connectivity index (χ0) is 21.1. The van der Waals surface area contributed by atoms with Crippen LogP contribution in [0.3, 0.4) is 0 Å². The average Bonchev–Trinajstić information content (AvgIpc) is 3.12. The number of ether oxygens (including phenoxy) is 1. The van der Waals surface area contributed by atoms with Gasteiger partial charge in [-0.15, -0.1) is 0 Å². The first-order valence-electron chi connectivity index (χ1n) is 9.96. The van der Waals surface area contributed by atoms with E-state index in [0.29, 0.717) is 27.3 Å². The predicted octanol–water partition coefficient (Wildman–Crippen LogP) is 4.63. The Morgan fingerprint density at radius 2 is 2.00 bits per heavy atom. The van der Waals surface area contributed by atoms with Gasteiger partial charge in [0.05, 0.1) is 10.0 Å². The molecule has 0 amide bonds. The third-order valence-corrected chi connectivity index (χ3v) is 6.81. The normalized spacial score (nSPS) is 15.6. The minimum atomic E-state index is 0.217. The maximum atomic E-state index is 6.06. The topological polar surface area (TPSA) is 89.2 Å². The van der Waals surface area contributed by atoms with Gasteiger partial charge in [0.1, 0.15) is 28.2 Å². The van der Waals surface area contributed by atoms with Crippen molar-refractivity contribution in [1.29, 1.82) is 0 Å². The van der Waals surface area contributed by atoms with Crippen LogP contribution in [-0.2, 0) is 0 Å². The summed E-state index contributed by atoms with van der Waals surface area (Å²) in [7, 11) is 0. The molecule has 1 aliphatic heterocycles. The molecule has 2 aromatic heterocycles. The number of hydrogen-bond acceptors (Lipinski definition) is 8. The van der Waals surface area contributed by atoms with Gasteiger partial charge in [-0.2, -0.15) is 4.98 Å². The molecule has 0 unspecified atom stereocenters. The Labute approximate surface area is 189 Å². The van der Waals surface area contributed by atoms with Gasteiger partial charge in [0.25, 0.3) is 0 Å². The van der Waals surface area contributed by atoms with E-state index in [4.69, 9.17) is 33.7 Å². The van der Waals surface area contributed by atoms with Crippen molar-refractivity contribution >= 4 is 55.8 Å². The van der Waals surface area contributed by atoms with Crippen LogP contribution >= 0.6 is 34.5 Å². The number of halogens is 2. The molecule has 0 atom stereocenters. The van der Waals surface area contributed by atoms with E-state index in [1.165, 1.54) is 11.3 Å². The van der Waals surface area contributed by atoms with Crippen molar-refractivity contribution in [2.75, 3.05) is 37.2 Å². The third kappa shape index (κ3) is 5.24. The minimum Gasteiger partial charge on any atom is -0.490 e. The molecule has 1 fully saturated rings. The number of nitrogen functional groups attached to an aromatic ring is 1. The van der Waals surface area contributed by atoms with Gasteiger partial charge in [0.15, 0.2) is 10.8 Å². The maximum Gasteiger partial charge on any atom is 0.185 e. The van der Waals surface area contributed by atoms with E-state index in [9.17, 15) is 0 Å². The highest BCUT2D eigenvalue weighted by Crippen LogP contribution is 2.29. The molecule has 0 saturated carbocycles. The van der Waals surface area contributed by atoms with Crippen molar-refractivity contribution in [3.05, 3.63) is 34.1 Å². The molecule has 7 nitrogen and oxygen atoms in total. The van der Waals surface area contributed by atoms with E-state index in [0.717, 1.165) is 61.0 Å². The zero-order valence-electron chi connectivity index (χ0n) is 16.7. The largest absolute Gasteiger partial charge is 0.490 e. The highest BCUT2D eigenvalue weighted by Gasteiger charge is 2.20. The number of rotatable bonds is 7. The van der Waals surface area contributed by atoms with Crippen LogP contribution in [0.1, 0.15) is 25.1 Å². The number of fused-ring (bicyclic) bond motifs is 1. The van der Waals surface area contributed by atoms with E-state index in [1.807, 2.05) is 13.0 Å². The molecular formula is C20H24Cl2N6OS. The molecule has 10 heteroatoms.